The highest BCUT2D eigenvalue weighted by Crippen LogP contribution is 2.39. The van der Waals surface area contributed by atoms with E-state index < -0.39 is 0 Å². The number of hydrogen-bond donors (Lipinski definition) is 0. The second-order valence-corrected chi connectivity index (χ2v) is 9.50. The number of allylic oxidation sites excluding steroid dienone is 8. The molecule has 0 amide bonds. The second-order valence-electron chi connectivity index (χ2n) is 9.50. The van der Waals surface area contributed by atoms with Gasteiger partial charge in [0, 0.05) is 0 Å². The normalized spacial score (nSPS) is 17.9. The van der Waals surface area contributed by atoms with E-state index in [0.29, 0.717) is 5.92 Å². The molecular weight excluding hydrogens is 360 g/mol. The minimum Gasteiger partial charge on any atom is -0.0770 e. The van der Waals surface area contributed by atoms with Gasteiger partial charge in [0.05, 0.1) is 0 Å². The Balaban J connectivity index is 2.39. The van der Waals surface area contributed by atoms with Crippen molar-refractivity contribution in [2.75, 3.05) is 0 Å². The van der Waals surface area contributed by atoms with Crippen molar-refractivity contribution in [2.45, 2.75) is 99.8 Å². The summed E-state index contributed by atoms with van der Waals surface area (Å²) >= 11 is 0. The molecule has 1 unspecified atom stereocenters. The van der Waals surface area contributed by atoms with Gasteiger partial charge < -0.3 is 0 Å². The molecule has 0 radical (unpaired) electrons. The Morgan fingerprint density at radius 2 is 1.73 bits per heavy atom. The number of aryl methyl sites for hydroxylation is 2. The molecule has 1 aliphatic carbocycles. The minimum absolute atomic E-state index is 0.648. The number of unbranched alkanes of at least 4 members (excludes halogenated alkanes) is 1. The summed E-state index contributed by atoms with van der Waals surface area (Å²) in [6, 6.07) is 4.89. The lowest BCUT2D eigenvalue weighted by Crippen LogP contribution is -2.11. The third-order valence-electron chi connectivity index (χ3n) is 7.05. The second kappa shape index (κ2) is 11.5. The predicted molar refractivity (Wildman–Crippen MR) is 136 cm³/mol. The summed E-state index contributed by atoms with van der Waals surface area (Å²) in [6.07, 6.45) is 17.1. The van der Waals surface area contributed by atoms with Crippen molar-refractivity contribution in [3.8, 4) is 0 Å². The fourth-order valence-corrected chi connectivity index (χ4v) is 4.24. The zero-order chi connectivity index (χ0) is 22.3. The van der Waals surface area contributed by atoms with E-state index in [0.717, 1.165) is 12.3 Å². The van der Waals surface area contributed by atoms with Crippen LogP contribution in [0.2, 0.25) is 0 Å². The van der Waals surface area contributed by atoms with Crippen molar-refractivity contribution in [3.63, 3.8) is 0 Å². The maximum absolute atomic E-state index is 2.49. The average Bonchev–Trinajstić information content (AvgIpc) is 2.68. The molecule has 0 heteroatoms. The van der Waals surface area contributed by atoms with Gasteiger partial charge in [0.2, 0.25) is 0 Å². The van der Waals surface area contributed by atoms with Crippen LogP contribution in [0.15, 0.2) is 53.2 Å². The highest BCUT2D eigenvalue weighted by Gasteiger charge is 2.22. The fourth-order valence-electron chi connectivity index (χ4n) is 4.24. The van der Waals surface area contributed by atoms with Gasteiger partial charge in [-0.15, -0.1) is 0 Å². The van der Waals surface area contributed by atoms with Crippen molar-refractivity contribution >= 4 is 5.57 Å². The van der Waals surface area contributed by atoms with Gasteiger partial charge in [-0.1, -0.05) is 75.6 Å². The first-order valence-electron chi connectivity index (χ1n) is 12.1. The molecule has 0 spiro atoms. The van der Waals surface area contributed by atoms with Gasteiger partial charge in [0.1, 0.15) is 0 Å². The van der Waals surface area contributed by atoms with Crippen LogP contribution in [0.3, 0.4) is 0 Å². The molecule has 1 saturated carbocycles. The van der Waals surface area contributed by atoms with Gasteiger partial charge in [-0.2, -0.15) is 0 Å². The summed E-state index contributed by atoms with van der Waals surface area (Å²) in [4.78, 5) is 0. The lowest BCUT2D eigenvalue weighted by molar-refractivity contribution is 0.418. The molecule has 0 N–H and O–H groups in total. The third-order valence-corrected chi connectivity index (χ3v) is 7.05. The molecule has 1 aromatic rings. The molecule has 0 aromatic heterocycles. The Kier molecular flexibility index (Phi) is 9.40. The van der Waals surface area contributed by atoms with E-state index in [1.807, 2.05) is 0 Å². The standard InChI is InChI=1S/C30H44/c1-9-11-13-28(23(5)17-16-22(4)21(3)10-2)19-26(8)29-20-30(27-14-12-15-27)25(7)18-24(29)6/h13,16-21,27H,9-12,14-15H2,1-8H3/b22-16-,23-17+,26-19-,28-13-. The van der Waals surface area contributed by atoms with E-state index >= 15 is 0 Å². The van der Waals surface area contributed by atoms with Crippen LogP contribution in [0.5, 0.6) is 0 Å². The lowest BCUT2D eigenvalue weighted by atomic mass is 9.77. The molecule has 0 bridgehead atoms. The van der Waals surface area contributed by atoms with Gasteiger partial charge in [-0.25, -0.2) is 0 Å². The average molecular weight is 405 g/mol. The third kappa shape index (κ3) is 6.34. The first-order valence-corrected chi connectivity index (χ1v) is 12.1. The summed E-state index contributed by atoms with van der Waals surface area (Å²) in [5, 5.41) is 0. The van der Waals surface area contributed by atoms with Crippen LogP contribution in [0.1, 0.15) is 108 Å². The van der Waals surface area contributed by atoms with E-state index in [-0.39, 0.29) is 0 Å². The molecule has 164 valence electrons. The minimum atomic E-state index is 0.648. The summed E-state index contributed by atoms with van der Waals surface area (Å²) < 4.78 is 0. The van der Waals surface area contributed by atoms with Gasteiger partial charge in [-0.05, 0) is 111 Å². The van der Waals surface area contributed by atoms with Crippen molar-refractivity contribution in [1.29, 1.82) is 0 Å². The van der Waals surface area contributed by atoms with E-state index in [2.05, 4.69) is 91.8 Å². The van der Waals surface area contributed by atoms with E-state index in [1.165, 1.54) is 71.1 Å². The lowest BCUT2D eigenvalue weighted by Gasteiger charge is -2.28. The maximum Gasteiger partial charge on any atom is -0.0159 e. The summed E-state index contributed by atoms with van der Waals surface area (Å²) in [6.45, 7) is 18.2. The Hall–Kier alpha value is -1.82. The Morgan fingerprint density at radius 1 is 1.03 bits per heavy atom. The molecule has 1 aliphatic rings. The van der Waals surface area contributed by atoms with Crippen LogP contribution < -0.4 is 0 Å². The Bertz CT molecular complexity index is 837. The largest absolute Gasteiger partial charge is 0.0770 e. The molecule has 0 aliphatic heterocycles. The molecule has 1 atom stereocenters. The van der Waals surface area contributed by atoms with Crippen molar-refractivity contribution in [2.24, 2.45) is 5.92 Å². The predicted octanol–water partition coefficient (Wildman–Crippen LogP) is 9.64. The Labute approximate surface area is 186 Å². The monoisotopic (exact) mass is 404 g/mol. The molecule has 0 nitrogen and oxygen atoms in total. The highest BCUT2D eigenvalue weighted by molar-refractivity contribution is 5.71. The van der Waals surface area contributed by atoms with Gasteiger partial charge in [0.25, 0.3) is 0 Å². The van der Waals surface area contributed by atoms with Crippen molar-refractivity contribution < 1.29 is 0 Å². The molecule has 2 rings (SSSR count). The zero-order valence-electron chi connectivity index (χ0n) is 20.9. The van der Waals surface area contributed by atoms with Gasteiger partial charge >= 0.3 is 0 Å². The summed E-state index contributed by atoms with van der Waals surface area (Å²) in [5.41, 5.74) is 11.4. The van der Waals surface area contributed by atoms with Crippen molar-refractivity contribution in [3.05, 3.63) is 75.4 Å². The van der Waals surface area contributed by atoms with Gasteiger partial charge in [-0.3, -0.25) is 0 Å². The van der Waals surface area contributed by atoms with E-state index in [4.69, 9.17) is 0 Å². The quantitative estimate of drug-likeness (QED) is 0.359. The smallest absolute Gasteiger partial charge is 0.0159 e. The van der Waals surface area contributed by atoms with E-state index in [1.54, 1.807) is 5.56 Å². The topological polar surface area (TPSA) is 0 Å². The summed E-state index contributed by atoms with van der Waals surface area (Å²) in [5.74, 6) is 1.43. The van der Waals surface area contributed by atoms with Crippen LogP contribution >= 0.6 is 0 Å². The summed E-state index contributed by atoms with van der Waals surface area (Å²) in [7, 11) is 0. The molecule has 30 heavy (non-hydrogen) atoms. The van der Waals surface area contributed by atoms with Crippen LogP contribution in [0.25, 0.3) is 5.57 Å². The van der Waals surface area contributed by atoms with Crippen LogP contribution in [-0.4, -0.2) is 0 Å². The molecule has 0 saturated heterocycles. The fraction of sp³-hybridized carbons (Fsp3) is 0.533. The molecule has 0 heterocycles. The maximum atomic E-state index is 2.49. The van der Waals surface area contributed by atoms with E-state index in [9.17, 15) is 0 Å². The number of benzene rings is 1. The van der Waals surface area contributed by atoms with Crippen LogP contribution in [0, 0.1) is 19.8 Å². The zero-order valence-corrected chi connectivity index (χ0v) is 20.9. The van der Waals surface area contributed by atoms with Crippen LogP contribution in [0.4, 0.5) is 0 Å². The number of rotatable bonds is 9. The highest BCUT2D eigenvalue weighted by atomic mass is 14.3. The van der Waals surface area contributed by atoms with Crippen molar-refractivity contribution in [1.82, 2.24) is 0 Å². The van der Waals surface area contributed by atoms with Gasteiger partial charge in [0.15, 0.2) is 0 Å². The first-order chi connectivity index (χ1) is 14.3. The molecule has 1 aromatic carbocycles. The van der Waals surface area contributed by atoms with Crippen LogP contribution in [-0.2, 0) is 0 Å². The Morgan fingerprint density at radius 3 is 2.30 bits per heavy atom. The molecular formula is C30H44. The number of hydrogen-bond acceptors (Lipinski definition) is 0. The first kappa shape index (κ1) is 24.4. The molecule has 1 fully saturated rings. The SMILES string of the molecule is CCC/C=C(/C=C(/C)c1cc(C2CCC2)c(C)cc1C)C(\C)=C\C=C(\C)C(C)CC.